The number of amides is 2. The Kier molecular flexibility index (Phi) is 5.35. The molecule has 0 bridgehead atoms. The Morgan fingerprint density at radius 3 is 2.86 bits per heavy atom. The summed E-state index contributed by atoms with van der Waals surface area (Å²) >= 11 is 0. The van der Waals surface area contributed by atoms with Crippen molar-refractivity contribution < 1.29 is 14.7 Å². The van der Waals surface area contributed by atoms with Crippen LogP contribution in [0.5, 0.6) is 0 Å². The Hall–Kier alpha value is -3.70. The molecule has 2 amide bonds. The van der Waals surface area contributed by atoms with Crippen molar-refractivity contribution >= 4 is 24.7 Å². The molecule has 1 aliphatic rings. The van der Waals surface area contributed by atoms with Crippen molar-refractivity contribution in [3.63, 3.8) is 0 Å². The largest absolute Gasteiger partial charge is 0.369 e. The Balaban J connectivity index is 2.00. The number of nitrogens with zero attached hydrogens (tertiary/aromatic N) is 4. The summed E-state index contributed by atoms with van der Waals surface area (Å²) in [6, 6.07) is 7.16. The van der Waals surface area contributed by atoms with Crippen LogP contribution < -0.4 is 5.73 Å². The first kappa shape index (κ1) is 20.0. The molecular weight excluding hydrogens is 370 g/mol. The molecule has 1 aromatic heterocycles. The molecule has 8 nitrogen and oxygen atoms in total. The number of nitrogens with two attached hydrogens (primary N) is 1. The summed E-state index contributed by atoms with van der Waals surface area (Å²) in [5, 5.41) is 10.5. The van der Waals surface area contributed by atoms with E-state index in [2.05, 4.69) is 28.5 Å². The number of aromatic nitrogens is 2. The third-order valence-corrected chi connectivity index (χ3v) is 4.75. The Morgan fingerprint density at radius 2 is 2.24 bits per heavy atom. The number of hydrogen-bond donors (Lipinski definition) is 2. The zero-order chi connectivity index (χ0) is 21.2. The maximum absolute atomic E-state index is 12.1. The van der Waals surface area contributed by atoms with Gasteiger partial charge in [0.25, 0.3) is 11.8 Å². The summed E-state index contributed by atoms with van der Waals surface area (Å²) in [7, 11) is 1.63. The Labute approximate surface area is 168 Å². The summed E-state index contributed by atoms with van der Waals surface area (Å²) in [6.07, 6.45) is 3.26. The number of benzene rings is 1. The zero-order valence-corrected chi connectivity index (χ0v) is 16.2. The van der Waals surface area contributed by atoms with E-state index in [-0.39, 0.29) is 12.2 Å². The van der Waals surface area contributed by atoms with E-state index in [9.17, 15) is 14.7 Å². The molecule has 2 heterocycles. The molecule has 0 aliphatic carbocycles. The van der Waals surface area contributed by atoms with E-state index in [1.54, 1.807) is 42.9 Å². The van der Waals surface area contributed by atoms with Gasteiger partial charge in [0.05, 0.1) is 5.69 Å². The van der Waals surface area contributed by atoms with E-state index in [0.717, 1.165) is 5.56 Å². The molecule has 3 rings (SSSR count). The van der Waals surface area contributed by atoms with Crippen molar-refractivity contribution in [2.45, 2.75) is 18.9 Å². The van der Waals surface area contributed by atoms with Gasteiger partial charge in [-0.15, -0.1) is 0 Å². The van der Waals surface area contributed by atoms with Crippen molar-refractivity contribution in [2.24, 2.45) is 10.7 Å². The summed E-state index contributed by atoms with van der Waals surface area (Å²) in [4.78, 5) is 33.3. The molecule has 1 saturated heterocycles. The zero-order valence-electron chi connectivity index (χ0n) is 16.2. The molecule has 29 heavy (non-hydrogen) atoms. The van der Waals surface area contributed by atoms with Gasteiger partial charge in [-0.2, -0.15) is 0 Å². The maximum atomic E-state index is 12.1. The highest BCUT2D eigenvalue weighted by molar-refractivity contribution is 5.92. The average Bonchev–Trinajstić information content (AvgIpc) is 3.17. The second kappa shape index (κ2) is 7.73. The summed E-state index contributed by atoms with van der Waals surface area (Å²) < 4.78 is 1.54. The third kappa shape index (κ3) is 3.81. The van der Waals surface area contributed by atoms with Gasteiger partial charge >= 0.3 is 0 Å². The molecule has 148 valence electrons. The first-order valence-corrected chi connectivity index (χ1v) is 8.89. The summed E-state index contributed by atoms with van der Waals surface area (Å²) in [5.41, 5.74) is 6.36. The number of carbonyl (C=O) groups excluding carboxylic acids is 2. The molecule has 1 aromatic carbocycles. The van der Waals surface area contributed by atoms with Gasteiger partial charge in [0.1, 0.15) is 0 Å². The lowest BCUT2D eigenvalue weighted by atomic mass is 10.0. The van der Waals surface area contributed by atoms with Gasteiger partial charge in [0.2, 0.25) is 11.4 Å². The minimum atomic E-state index is -1.66. The van der Waals surface area contributed by atoms with Crippen LogP contribution in [0.15, 0.2) is 35.5 Å². The molecule has 2 aromatic rings. The fourth-order valence-corrected chi connectivity index (χ4v) is 3.15. The summed E-state index contributed by atoms with van der Waals surface area (Å²) in [5.74, 6) is 4.57. The molecule has 1 fully saturated rings. The molecule has 0 unspecified atom stereocenters. The van der Waals surface area contributed by atoms with Crippen LogP contribution >= 0.6 is 0 Å². The fourth-order valence-electron chi connectivity index (χ4n) is 3.15. The van der Waals surface area contributed by atoms with E-state index in [4.69, 9.17) is 5.73 Å². The molecular formula is C21H21N5O3. The Morgan fingerprint density at radius 1 is 1.48 bits per heavy atom. The number of aliphatic hydroxyl groups is 1. The number of aliphatic imine (C=N–C) groups is 1. The van der Waals surface area contributed by atoms with Crippen LogP contribution in [0, 0.1) is 18.8 Å². The SMILES string of the molecule is C=N/C=C\n1c(C(N)=O)nc(-c2cccc(C#C[C@]3(O)CCN(C)C3=O)c2)c1C. The molecule has 8 heteroatoms. The number of likely N-dealkylation sites (tertiary alicyclic amines) is 1. The second-order valence-electron chi connectivity index (χ2n) is 6.75. The third-order valence-electron chi connectivity index (χ3n) is 4.75. The molecule has 0 spiro atoms. The summed E-state index contributed by atoms with van der Waals surface area (Å²) in [6.45, 7) is 5.64. The predicted molar refractivity (Wildman–Crippen MR) is 110 cm³/mol. The average molecular weight is 391 g/mol. The normalized spacial score (nSPS) is 18.7. The number of carbonyl (C=O) groups is 2. The minimum Gasteiger partial charge on any atom is -0.369 e. The van der Waals surface area contributed by atoms with E-state index in [1.165, 1.54) is 11.1 Å². The monoisotopic (exact) mass is 391 g/mol. The van der Waals surface area contributed by atoms with Gasteiger partial charge in [-0.05, 0) is 25.8 Å². The van der Waals surface area contributed by atoms with Crippen molar-refractivity contribution in [3.8, 4) is 23.1 Å². The number of imidazole rings is 1. The highest BCUT2D eigenvalue weighted by atomic mass is 16.3. The van der Waals surface area contributed by atoms with Gasteiger partial charge in [-0.1, -0.05) is 24.0 Å². The van der Waals surface area contributed by atoms with Crippen LogP contribution in [-0.4, -0.2) is 57.3 Å². The van der Waals surface area contributed by atoms with Gasteiger partial charge in [-0.25, -0.2) is 4.98 Å². The lowest BCUT2D eigenvalue weighted by Gasteiger charge is -2.13. The number of likely N-dealkylation sites (N-methyl/N-ethyl adjacent to an activating group) is 1. The maximum Gasteiger partial charge on any atom is 0.285 e. The molecule has 1 aliphatic heterocycles. The standard InChI is InChI=1S/C21H21N5O3/c1-14-17(24-19(18(22)27)26(14)12-10-23-2)16-6-4-5-15(13-16)7-8-21(29)9-11-25(3)20(21)28/h4-6,10,12-13,29H,2,9,11H2,1,3H3,(H2,22,27)/b12-10-/t21-/m0/s1. The number of hydrogen-bond acceptors (Lipinski definition) is 5. The first-order valence-electron chi connectivity index (χ1n) is 8.89. The van der Waals surface area contributed by atoms with Crippen LogP contribution in [0.2, 0.25) is 0 Å². The molecule has 1 atom stereocenters. The quantitative estimate of drug-likeness (QED) is 0.598. The predicted octanol–water partition coefficient (Wildman–Crippen LogP) is 1.03. The van der Waals surface area contributed by atoms with Crippen molar-refractivity contribution in [1.82, 2.24) is 14.5 Å². The van der Waals surface area contributed by atoms with Crippen LogP contribution in [0.1, 0.15) is 28.3 Å². The molecule has 0 radical (unpaired) electrons. The highest BCUT2D eigenvalue weighted by Crippen LogP contribution is 2.25. The van der Waals surface area contributed by atoms with Crippen molar-refractivity contribution in [1.29, 1.82) is 0 Å². The van der Waals surface area contributed by atoms with Crippen LogP contribution in [0.25, 0.3) is 17.5 Å². The lowest BCUT2D eigenvalue weighted by Crippen LogP contribution is -2.37. The lowest BCUT2D eigenvalue weighted by molar-refractivity contribution is -0.137. The van der Waals surface area contributed by atoms with Gasteiger partial charge in [0.15, 0.2) is 0 Å². The second-order valence-corrected chi connectivity index (χ2v) is 6.75. The molecule has 3 N–H and O–H groups in total. The van der Waals surface area contributed by atoms with E-state index in [1.807, 2.05) is 6.07 Å². The number of rotatable bonds is 4. The highest BCUT2D eigenvalue weighted by Gasteiger charge is 2.42. The van der Waals surface area contributed by atoms with E-state index < -0.39 is 17.4 Å². The van der Waals surface area contributed by atoms with Gasteiger partial charge < -0.3 is 15.7 Å². The topological polar surface area (TPSA) is 114 Å². The van der Waals surface area contributed by atoms with E-state index >= 15 is 0 Å². The van der Waals surface area contributed by atoms with Crippen LogP contribution in [0.3, 0.4) is 0 Å². The molecule has 0 saturated carbocycles. The smallest absolute Gasteiger partial charge is 0.285 e. The minimum absolute atomic E-state index is 0.0720. The number of primary amides is 1. The van der Waals surface area contributed by atoms with Crippen molar-refractivity contribution in [2.75, 3.05) is 13.6 Å². The van der Waals surface area contributed by atoms with E-state index in [0.29, 0.717) is 23.5 Å². The van der Waals surface area contributed by atoms with Gasteiger partial charge in [0, 0.05) is 49.2 Å². The van der Waals surface area contributed by atoms with Crippen LogP contribution in [0.4, 0.5) is 0 Å². The van der Waals surface area contributed by atoms with Crippen LogP contribution in [-0.2, 0) is 4.79 Å². The van der Waals surface area contributed by atoms with Gasteiger partial charge in [-0.3, -0.25) is 19.1 Å². The Bertz CT molecular complexity index is 1090. The van der Waals surface area contributed by atoms with Crippen molar-refractivity contribution in [3.05, 3.63) is 47.5 Å². The first-order chi connectivity index (χ1) is 13.8. The fraction of sp³-hybridized carbons (Fsp3) is 0.238.